The molecule has 0 saturated heterocycles. The largest absolute Gasteiger partial charge is 0.456 e. The van der Waals surface area contributed by atoms with Gasteiger partial charge in [-0.05, 0) is 42.3 Å². The van der Waals surface area contributed by atoms with Gasteiger partial charge in [-0.2, -0.15) is 0 Å². The van der Waals surface area contributed by atoms with Crippen LogP contribution in [0.5, 0.6) is 0 Å². The molecule has 0 aliphatic heterocycles. The molecule has 0 radical (unpaired) electrons. The summed E-state index contributed by atoms with van der Waals surface area (Å²) in [5.41, 5.74) is 2.43. The van der Waals surface area contributed by atoms with Crippen LogP contribution in [0, 0.1) is 6.92 Å². The van der Waals surface area contributed by atoms with Crippen molar-refractivity contribution in [3.63, 3.8) is 0 Å². The third-order valence-corrected chi connectivity index (χ3v) is 4.11. The molecule has 1 heterocycles. The van der Waals surface area contributed by atoms with Crippen LogP contribution in [-0.4, -0.2) is 5.11 Å². The fourth-order valence-electron chi connectivity index (χ4n) is 2.24. The number of aryl methyl sites for hydroxylation is 1. The summed E-state index contributed by atoms with van der Waals surface area (Å²) in [7, 11) is 0. The van der Waals surface area contributed by atoms with Crippen molar-refractivity contribution in [3.05, 3.63) is 68.8 Å². The van der Waals surface area contributed by atoms with Gasteiger partial charge in [-0.25, -0.2) is 0 Å². The van der Waals surface area contributed by atoms with Crippen LogP contribution in [0.1, 0.15) is 23.0 Å². The molecule has 3 rings (SSSR count). The summed E-state index contributed by atoms with van der Waals surface area (Å²) in [6.45, 7) is 1.96. The van der Waals surface area contributed by atoms with Gasteiger partial charge in [0, 0.05) is 9.86 Å². The second kappa shape index (κ2) is 5.24. The molecule has 0 spiro atoms. The lowest BCUT2D eigenvalue weighted by Crippen LogP contribution is -2.00. The molecule has 3 aromatic rings. The minimum absolute atomic E-state index is 0.495. The highest BCUT2D eigenvalue weighted by Crippen LogP contribution is 2.33. The molecular weight excluding hydrogens is 340 g/mol. The Morgan fingerprint density at radius 2 is 2.00 bits per heavy atom. The molecule has 1 unspecified atom stereocenters. The molecular formula is C16H12BrClO2. The standard InChI is InChI=1S/C16H12BrClO2/c1-9-5-6-11(17)8-12(9)15(19)14-7-10-3-2-4-13(18)16(10)20-14/h2-8,15,19H,1H3. The number of rotatable bonds is 2. The van der Waals surface area contributed by atoms with Gasteiger partial charge in [-0.1, -0.05) is 45.7 Å². The van der Waals surface area contributed by atoms with E-state index in [9.17, 15) is 5.11 Å². The highest BCUT2D eigenvalue weighted by Gasteiger charge is 2.18. The number of aliphatic hydroxyl groups excluding tert-OH is 1. The molecule has 102 valence electrons. The monoisotopic (exact) mass is 350 g/mol. The quantitative estimate of drug-likeness (QED) is 0.685. The first-order valence-electron chi connectivity index (χ1n) is 6.18. The molecule has 0 aliphatic rings. The molecule has 1 atom stereocenters. The minimum Gasteiger partial charge on any atom is -0.456 e. The van der Waals surface area contributed by atoms with E-state index >= 15 is 0 Å². The average Bonchev–Trinajstić information content (AvgIpc) is 2.86. The summed E-state index contributed by atoms with van der Waals surface area (Å²) in [4.78, 5) is 0. The van der Waals surface area contributed by atoms with Crippen molar-refractivity contribution >= 4 is 38.5 Å². The van der Waals surface area contributed by atoms with Crippen molar-refractivity contribution < 1.29 is 9.52 Å². The molecule has 2 aromatic carbocycles. The summed E-state index contributed by atoms with van der Waals surface area (Å²) < 4.78 is 6.64. The number of hydrogen-bond acceptors (Lipinski definition) is 2. The summed E-state index contributed by atoms with van der Waals surface area (Å²) in [6.07, 6.45) is -0.809. The fraction of sp³-hybridized carbons (Fsp3) is 0.125. The average molecular weight is 352 g/mol. The van der Waals surface area contributed by atoms with E-state index in [0.29, 0.717) is 16.4 Å². The lowest BCUT2D eigenvalue weighted by molar-refractivity contribution is 0.191. The highest BCUT2D eigenvalue weighted by molar-refractivity contribution is 9.10. The van der Waals surface area contributed by atoms with Gasteiger partial charge < -0.3 is 9.52 Å². The third-order valence-electron chi connectivity index (χ3n) is 3.32. The van der Waals surface area contributed by atoms with Crippen LogP contribution in [0.25, 0.3) is 11.0 Å². The normalized spacial score (nSPS) is 12.8. The molecule has 20 heavy (non-hydrogen) atoms. The van der Waals surface area contributed by atoms with Crippen molar-refractivity contribution in [2.45, 2.75) is 13.0 Å². The van der Waals surface area contributed by atoms with Gasteiger partial charge in [0.15, 0.2) is 5.58 Å². The van der Waals surface area contributed by atoms with Crippen molar-refractivity contribution in [1.82, 2.24) is 0 Å². The number of aliphatic hydroxyl groups is 1. The van der Waals surface area contributed by atoms with E-state index in [0.717, 1.165) is 21.0 Å². The van der Waals surface area contributed by atoms with Crippen LogP contribution in [0.15, 0.2) is 51.4 Å². The summed E-state index contributed by atoms with van der Waals surface area (Å²) in [5.74, 6) is 0.495. The maximum Gasteiger partial charge on any atom is 0.153 e. The third kappa shape index (κ3) is 2.37. The van der Waals surface area contributed by atoms with Gasteiger partial charge in [-0.3, -0.25) is 0 Å². The Balaban J connectivity index is 2.10. The van der Waals surface area contributed by atoms with Crippen molar-refractivity contribution in [2.75, 3.05) is 0 Å². The van der Waals surface area contributed by atoms with E-state index in [4.69, 9.17) is 16.0 Å². The number of para-hydroxylation sites is 1. The van der Waals surface area contributed by atoms with E-state index in [1.54, 1.807) is 6.07 Å². The zero-order valence-corrected chi connectivity index (χ0v) is 13.1. The minimum atomic E-state index is -0.809. The van der Waals surface area contributed by atoms with Crippen LogP contribution in [-0.2, 0) is 0 Å². The van der Waals surface area contributed by atoms with E-state index in [-0.39, 0.29) is 0 Å². The van der Waals surface area contributed by atoms with Crippen LogP contribution in [0.3, 0.4) is 0 Å². The van der Waals surface area contributed by atoms with Crippen LogP contribution < -0.4 is 0 Å². The highest BCUT2D eigenvalue weighted by atomic mass is 79.9. The number of fused-ring (bicyclic) bond motifs is 1. The number of halogens is 2. The number of furan rings is 1. The second-order valence-corrected chi connectivity index (χ2v) is 6.03. The molecule has 2 nitrogen and oxygen atoms in total. The topological polar surface area (TPSA) is 33.4 Å². The number of benzene rings is 2. The zero-order chi connectivity index (χ0) is 14.3. The van der Waals surface area contributed by atoms with Gasteiger partial charge in [0.25, 0.3) is 0 Å². The molecule has 1 N–H and O–H groups in total. The maximum absolute atomic E-state index is 10.5. The Hall–Kier alpha value is -1.29. The van der Waals surface area contributed by atoms with E-state index < -0.39 is 6.10 Å². The Kier molecular flexibility index (Phi) is 3.59. The number of hydrogen-bond donors (Lipinski definition) is 1. The van der Waals surface area contributed by atoms with Gasteiger partial charge in [0.2, 0.25) is 0 Å². The lowest BCUT2D eigenvalue weighted by Gasteiger charge is -2.11. The summed E-state index contributed by atoms with van der Waals surface area (Å²) >= 11 is 9.52. The first-order valence-corrected chi connectivity index (χ1v) is 7.35. The van der Waals surface area contributed by atoms with E-state index in [1.165, 1.54) is 0 Å². The lowest BCUT2D eigenvalue weighted by atomic mass is 10.0. The first-order chi connectivity index (χ1) is 9.56. The Morgan fingerprint density at radius 1 is 1.20 bits per heavy atom. The molecule has 1 aromatic heterocycles. The Morgan fingerprint density at radius 3 is 2.75 bits per heavy atom. The zero-order valence-electron chi connectivity index (χ0n) is 10.7. The van der Waals surface area contributed by atoms with E-state index in [1.807, 2.05) is 43.3 Å². The van der Waals surface area contributed by atoms with Gasteiger partial charge in [0.05, 0.1) is 5.02 Å². The predicted octanol–water partition coefficient (Wildman–Crippen LogP) is 5.24. The van der Waals surface area contributed by atoms with Gasteiger partial charge in [-0.15, -0.1) is 0 Å². The maximum atomic E-state index is 10.5. The van der Waals surface area contributed by atoms with Crippen LogP contribution in [0.4, 0.5) is 0 Å². The first kappa shape index (κ1) is 13.7. The van der Waals surface area contributed by atoms with Crippen LogP contribution >= 0.6 is 27.5 Å². The molecule has 4 heteroatoms. The SMILES string of the molecule is Cc1ccc(Br)cc1C(O)c1cc2cccc(Cl)c2o1. The van der Waals surface area contributed by atoms with Crippen LogP contribution in [0.2, 0.25) is 5.02 Å². The predicted molar refractivity (Wildman–Crippen MR) is 84.2 cm³/mol. The summed E-state index contributed by atoms with van der Waals surface area (Å²) in [5, 5.41) is 12.0. The van der Waals surface area contributed by atoms with Gasteiger partial charge >= 0.3 is 0 Å². The van der Waals surface area contributed by atoms with Crippen molar-refractivity contribution in [1.29, 1.82) is 0 Å². The molecule has 0 bridgehead atoms. The van der Waals surface area contributed by atoms with Crippen molar-refractivity contribution in [2.24, 2.45) is 0 Å². The smallest absolute Gasteiger partial charge is 0.153 e. The van der Waals surface area contributed by atoms with E-state index in [2.05, 4.69) is 15.9 Å². The summed E-state index contributed by atoms with van der Waals surface area (Å²) in [6, 6.07) is 13.2. The second-order valence-electron chi connectivity index (χ2n) is 4.71. The molecule has 0 amide bonds. The molecule has 0 fully saturated rings. The molecule has 0 aliphatic carbocycles. The Bertz CT molecular complexity index is 779. The fourth-order valence-corrected chi connectivity index (χ4v) is 2.84. The van der Waals surface area contributed by atoms with Crippen molar-refractivity contribution in [3.8, 4) is 0 Å². The van der Waals surface area contributed by atoms with Gasteiger partial charge in [0.1, 0.15) is 11.9 Å². The Labute approximate surface area is 130 Å². The molecule has 0 saturated carbocycles.